The maximum Gasteiger partial charge on any atom is 0.133 e. The summed E-state index contributed by atoms with van der Waals surface area (Å²) in [4.78, 5) is 5.61. The van der Waals surface area contributed by atoms with Crippen LogP contribution in [0.15, 0.2) is 66.9 Å². The molecule has 2 N–H and O–H groups in total. The highest BCUT2D eigenvalue weighted by Crippen LogP contribution is 2.45. The van der Waals surface area contributed by atoms with E-state index in [4.69, 9.17) is 9.47 Å². The molecule has 0 unspecified atom stereocenters. The van der Waals surface area contributed by atoms with Crippen LogP contribution < -0.4 is 9.47 Å². The number of fused-ring (bicyclic) bond motifs is 2. The number of likely N-dealkylation sites (tertiary alicyclic amines) is 1. The van der Waals surface area contributed by atoms with Crippen LogP contribution in [0.3, 0.4) is 0 Å². The van der Waals surface area contributed by atoms with E-state index in [1.54, 1.807) is 6.07 Å². The maximum absolute atomic E-state index is 12.6. The molecule has 2 aliphatic rings. The Balaban J connectivity index is 1.39. The summed E-state index contributed by atoms with van der Waals surface area (Å²) >= 11 is 0. The number of phenols is 1. The molecule has 3 aromatic carbocycles. The van der Waals surface area contributed by atoms with Gasteiger partial charge in [0, 0.05) is 54.3 Å². The summed E-state index contributed by atoms with van der Waals surface area (Å²) in [5.74, 6) is 1.81. The average Bonchev–Trinajstić information content (AvgIpc) is 3.55. The Bertz CT molecular complexity index is 1470. The van der Waals surface area contributed by atoms with E-state index in [2.05, 4.69) is 46.3 Å². The summed E-state index contributed by atoms with van der Waals surface area (Å²) in [6, 6.07) is 20.5. The van der Waals surface area contributed by atoms with E-state index in [0.717, 1.165) is 71.8 Å². The lowest BCUT2D eigenvalue weighted by molar-refractivity contribution is 0.198. The first kappa shape index (κ1) is 24.6. The summed E-state index contributed by atoms with van der Waals surface area (Å²) < 4.78 is 25.1. The number of nitrogens with one attached hydrogen (secondary N) is 1. The van der Waals surface area contributed by atoms with Gasteiger partial charge in [-0.1, -0.05) is 24.3 Å². The molecule has 2 aliphatic heterocycles. The second-order valence-electron chi connectivity index (χ2n) is 10.2. The van der Waals surface area contributed by atoms with Crippen LogP contribution in [0, 0.1) is 6.92 Å². The van der Waals surface area contributed by atoms with Crippen molar-refractivity contribution in [1.82, 2.24) is 9.88 Å². The Kier molecular flexibility index (Phi) is 6.81. The minimum Gasteiger partial charge on any atom is -0.508 e. The average molecular weight is 513 g/mol. The number of halogens is 1. The van der Waals surface area contributed by atoms with Crippen molar-refractivity contribution in [2.45, 2.75) is 32.3 Å². The van der Waals surface area contributed by atoms with Crippen molar-refractivity contribution in [3.63, 3.8) is 0 Å². The standard InChI is InChI=1S/C32H33FN2O3/c1-21-30(36)11-10-28-31(22-6-8-23(9-7-22)38-24-13-18-35(20-24)17-3-15-33)27(14-19-37-32(21)28)25-4-2-5-29-26(25)12-16-34-29/h2,4-12,16,24,34,36H,3,13-15,17-20H2,1H3/t24-/m0/s1. The molecule has 6 heteroatoms. The molecule has 6 rings (SSSR count). The number of aromatic amines is 1. The molecule has 0 saturated carbocycles. The largest absolute Gasteiger partial charge is 0.508 e. The van der Waals surface area contributed by atoms with Crippen molar-refractivity contribution in [2.75, 3.05) is 32.9 Å². The zero-order valence-electron chi connectivity index (χ0n) is 21.7. The molecule has 4 aromatic rings. The van der Waals surface area contributed by atoms with E-state index in [1.807, 2.05) is 31.3 Å². The van der Waals surface area contributed by atoms with Gasteiger partial charge in [-0.05, 0) is 78.4 Å². The number of aromatic nitrogens is 1. The molecule has 0 aliphatic carbocycles. The number of H-pyrrole nitrogens is 1. The molecular formula is C32H33FN2O3. The third kappa shape index (κ3) is 4.65. The van der Waals surface area contributed by atoms with Gasteiger partial charge in [0.25, 0.3) is 0 Å². The van der Waals surface area contributed by atoms with E-state index in [0.29, 0.717) is 13.0 Å². The van der Waals surface area contributed by atoms with Crippen molar-refractivity contribution in [1.29, 1.82) is 0 Å². The van der Waals surface area contributed by atoms with Gasteiger partial charge in [-0.2, -0.15) is 0 Å². The third-order valence-corrected chi connectivity index (χ3v) is 7.75. The van der Waals surface area contributed by atoms with E-state index in [-0.39, 0.29) is 18.5 Å². The van der Waals surface area contributed by atoms with Crippen LogP contribution in [0.4, 0.5) is 4.39 Å². The van der Waals surface area contributed by atoms with Crippen LogP contribution in [0.25, 0.3) is 22.0 Å². The second kappa shape index (κ2) is 10.5. The number of rotatable bonds is 7. The molecule has 1 atom stereocenters. The predicted molar refractivity (Wildman–Crippen MR) is 150 cm³/mol. The van der Waals surface area contributed by atoms with E-state index < -0.39 is 0 Å². The number of hydrogen-bond donors (Lipinski definition) is 2. The smallest absolute Gasteiger partial charge is 0.133 e. The number of benzene rings is 3. The highest BCUT2D eigenvalue weighted by atomic mass is 19.1. The molecule has 1 saturated heterocycles. The highest BCUT2D eigenvalue weighted by Gasteiger charge is 2.26. The molecule has 0 bridgehead atoms. The van der Waals surface area contributed by atoms with Crippen molar-refractivity contribution in [3.05, 3.63) is 89.1 Å². The quantitative estimate of drug-likeness (QED) is 0.288. The first-order valence-electron chi connectivity index (χ1n) is 13.4. The van der Waals surface area contributed by atoms with Gasteiger partial charge in [0.15, 0.2) is 0 Å². The predicted octanol–water partition coefficient (Wildman–Crippen LogP) is 6.74. The van der Waals surface area contributed by atoms with Crippen molar-refractivity contribution < 1.29 is 19.0 Å². The molecule has 5 nitrogen and oxygen atoms in total. The Hall–Kier alpha value is -3.77. The van der Waals surface area contributed by atoms with E-state index >= 15 is 0 Å². The summed E-state index contributed by atoms with van der Waals surface area (Å²) in [6.45, 7) is 4.74. The Morgan fingerprint density at radius 1 is 1.08 bits per heavy atom. The van der Waals surface area contributed by atoms with Crippen LogP contribution in [-0.4, -0.2) is 54.0 Å². The fourth-order valence-electron chi connectivity index (χ4n) is 5.83. The van der Waals surface area contributed by atoms with Gasteiger partial charge < -0.3 is 19.6 Å². The zero-order valence-corrected chi connectivity index (χ0v) is 21.7. The van der Waals surface area contributed by atoms with E-state index in [9.17, 15) is 9.50 Å². The molecule has 0 amide bonds. The number of alkyl halides is 1. The number of hydrogen-bond acceptors (Lipinski definition) is 4. The first-order valence-corrected chi connectivity index (χ1v) is 13.4. The van der Waals surface area contributed by atoms with Crippen LogP contribution >= 0.6 is 0 Å². The van der Waals surface area contributed by atoms with Crippen molar-refractivity contribution in [2.24, 2.45) is 0 Å². The summed E-state index contributed by atoms with van der Waals surface area (Å²) in [6.07, 6.45) is 4.38. The Morgan fingerprint density at radius 3 is 2.79 bits per heavy atom. The van der Waals surface area contributed by atoms with Crippen LogP contribution in [0.5, 0.6) is 17.2 Å². The number of ether oxygens (including phenoxy) is 2. The number of nitrogens with zero attached hydrogens (tertiary/aromatic N) is 1. The van der Waals surface area contributed by atoms with Crippen molar-refractivity contribution >= 4 is 22.0 Å². The minimum absolute atomic E-state index is 0.124. The van der Waals surface area contributed by atoms with Gasteiger partial charge in [-0.3, -0.25) is 9.29 Å². The van der Waals surface area contributed by atoms with Gasteiger partial charge in [0.1, 0.15) is 23.4 Å². The fraction of sp³-hybridized carbons (Fsp3) is 0.312. The lowest BCUT2D eigenvalue weighted by Crippen LogP contribution is -2.26. The van der Waals surface area contributed by atoms with Gasteiger partial charge in [0.05, 0.1) is 13.3 Å². The topological polar surface area (TPSA) is 57.7 Å². The van der Waals surface area contributed by atoms with Crippen LogP contribution in [-0.2, 0) is 0 Å². The Labute approximate surface area is 222 Å². The zero-order chi connectivity index (χ0) is 26.1. The molecule has 196 valence electrons. The summed E-state index contributed by atoms with van der Waals surface area (Å²) in [5.41, 5.74) is 7.41. The van der Waals surface area contributed by atoms with Gasteiger partial charge in [-0.25, -0.2) is 0 Å². The summed E-state index contributed by atoms with van der Waals surface area (Å²) in [5, 5.41) is 11.6. The number of phenolic OH excluding ortho intramolecular Hbond substituents is 1. The Morgan fingerprint density at radius 2 is 1.95 bits per heavy atom. The first-order chi connectivity index (χ1) is 18.6. The molecule has 0 spiro atoms. The van der Waals surface area contributed by atoms with Crippen molar-refractivity contribution in [3.8, 4) is 17.2 Å². The van der Waals surface area contributed by atoms with Gasteiger partial charge in [-0.15, -0.1) is 0 Å². The molecule has 0 radical (unpaired) electrons. The lowest BCUT2D eigenvalue weighted by Gasteiger charge is -2.19. The molecule has 1 fully saturated rings. The molecule has 1 aromatic heterocycles. The van der Waals surface area contributed by atoms with E-state index in [1.165, 1.54) is 16.5 Å². The lowest BCUT2D eigenvalue weighted by atomic mass is 9.86. The maximum atomic E-state index is 12.6. The molecule has 38 heavy (non-hydrogen) atoms. The summed E-state index contributed by atoms with van der Waals surface area (Å²) in [7, 11) is 0. The fourth-order valence-corrected chi connectivity index (χ4v) is 5.83. The van der Waals surface area contributed by atoms with Gasteiger partial charge >= 0.3 is 0 Å². The third-order valence-electron chi connectivity index (χ3n) is 7.75. The highest BCUT2D eigenvalue weighted by molar-refractivity contribution is 6.06. The minimum atomic E-state index is -0.271. The van der Waals surface area contributed by atoms with Crippen LogP contribution in [0.2, 0.25) is 0 Å². The SMILES string of the molecule is Cc1c(O)ccc2c1OCCC(c1cccc3[nH]ccc13)=C2c1ccc(O[C@H]2CCN(CCCF)C2)cc1. The second-order valence-corrected chi connectivity index (χ2v) is 10.2. The molecule has 3 heterocycles. The normalized spacial score (nSPS) is 17.9. The van der Waals surface area contributed by atoms with Gasteiger partial charge in [0.2, 0.25) is 0 Å². The number of aromatic hydroxyl groups is 1. The molecular weight excluding hydrogens is 479 g/mol. The van der Waals surface area contributed by atoms with Crippen LogP contribution in [0.1, 0.15) is 41.5 Å². The monoisotopic (exact) mass is 512 g/mol.